The molecule has 1 fully saturated rings. The zero-order chi connectivity index (χ0) is 19.3. The van der Waals surface area contributed by atoms with E-state index in [1.807, 2.05) is 0 Å². The lowest BCUT2D eigenvalue weighted by molar-refractivity contribution is 0.221. The van der Waals surface area contributed by atoms with Gasteiger partial charge in [0.25, 0.3) is 0 Å². The van der Waals surface area contributed by atoms with Gasteiger partial charge in [-0.2, -0.15) is 0 Å². The number of ether oxygens (including phenoxy) is 1. The number of likely N-dealkylation sites (N-methyl/N-ethyl adjacent to an activating group) is 1. The number of hydrogen-bond acceptors (Lipinski definition) is 2. The molecule has 2 nitrogen and oxygen atoms in total. The van der Waals surface area contributed by atoms with Gasteiger partial charge in [-0.3, -0.25) is 0 Å². The van der Waals surface area contributed by atoms with E-state index in [1.54, 1.807) is 11.1 Å². The standard InChI is InChI=1S/C26H35NO/c1-3-27(4-2)17-18-28-22-14-16-24-21(19-22)13-15-26-23(11-8-12-25(24)26)20-9-6-5-7-10-20/h5-7,9-10,14,16,19,23,25-26H,3-4,8,11-13,15,17-18H2,1-2H3/t23-,25+,26-/m0/s1. The Balaban J connectivity index is 1.46. The van der Waals surface area contributed by atoms with E-state index < -0.39 is 0 Å². The fourth-order valence-electron chi connectivity index (χ4n) is 5.57. The summed E-state index contributed by atoms with van der Waals surface area (Å²) in [4.78, 5) is 2.41. The molecule has 28 heavy (non-hydrogen) atoms. The van der Waals surface area contributed by atoms with Gasteiger partial charge in [-0.15, -0.1) is 0 Å². The van der Waals surface area contributed by atoms with Crippen molar-refractivity contribution in [2.24, 2.45) is 5.92 Å². The number of fused-ring (bicyclic) bond motifs is 3. The summed E-state index contributed by atoms with van der Waals surface area (Å²) in [6, 6.07) is 18.2. The number of hydrogen-bond donors (Lipinski definition) is 0. The van der Waals surface area contributed by atoms with Gasteiger partial charge < -0.3 is 9.64 Å². The maximum Gasteiger partial charge on any atom is 0.119 e. The fraction of sp³-hybridized carbons (Fsp3) is 0.538. The number of benzene rings is 2. The first-order valence-corrected chi connectivity index (χ1v) is 11.3. The molecule has 2 aliphatic carbocycles. The minimum atomic E-state index is 0.729. The van der Waals surface area contributed by atoms with Gasteiger partial charge in [-0.25, -0.2) is 0 Å². The van der Waals surface area contributed by atoms with Crippen LogP contribution in [0, 0.1) is 5.92 Å². The minimum absolute atomic E-state index is 0.729. The number of nitrogens with zero attached hydrogens (tertiary/aromatic N) is 1. The summed E-state index contributed by atoms with van der Waals surface area (Å²) in [5, 5.41) is 0. The molecule has 0 saturated heterocycles. The largest absolute Gasteiger partial charge is 0.492 e. The SMILES string of the molecule is CCN(CC)CCOc1ccc2c(c1)CC[C@@H]1[C@@H]2CCC[C@H]1c1ccccc1. The van der Waals surface area contributed by atoms with Crippen LogP contribution in [0.3, 0.4) is 0 Å². The van der Waals surface area contributed by atoms with Crippen LogP contribution in [0.2, 0.25) is 0 Å². The molecule has 0 spiro atoms. The average Bonchev–Trinajstić information content (AvgIpc) is 2.76. The molecule has 0 aliphatic heterocycles. The van der Waals surface area contributed by atoms with E-state index >= 15 is 0 Å². The summed E-state index contributed by atoms with van der Waals surface area (Å²) in [5.74, 6) is 3.32. The van der Waals surface area contributed by atoms with E-state index in [9.17, 15) is 0 Å². The van der Waals surface area contributed by atoms with Crippen molar-refractivity contribution in [1.82, 2.24) is 4.90 Å². The van der Waals surface area contributed by atoms with Crippen LogP contribution >= 0.6 is 0 Å². The Morgan fingerprint density at radius 1 is 0.929 bits per heavy atom. The van der Waals surface area contributed by atoms with Crippen molar-refractivity contribution >= 4 is 0 Å². The predicted molar refractivity (Wildman–Crippen MR) is 117 cm³/mol. The summed E-state index contributed by atoms with van der Waals surface area (Å²) in [6.07, 6.45) is 6.58. The molecule has 2 heteroatoms. The Morgan fingerprint density at radius 3 is 2.50 bits per heavy atom. The van der Waals surface area contributed by atoms with Crippen LogP contribution in [-0.4, -0.2) is 31.1 Å². The Bertz CT molecular complexity index is 752. The summed E-state index contributed by atoms with van der Waals surface area (Å²) in [5.41, 5.74) is 4.69. The smallest absolute Gasteiger partial charge is 0.119 e. The van der Waals surface area contributed by atoms with Gasteiger partial charge in [-0.1, -0.05) is 56.7 Å². The molecular weight excluding hydrogens is 342 g/mol. The van der Waals surface area contributed by atoms with Gasteiger partial charge in [-0.05, 0) is 85.3 Å². The summed E-state index contributed by atoms with van der Waals surface area (Å²) in [7, 11) is 0. The maximum atomic E-state index is 6.09. The molecule has 150 valence electrons. The quantitative estimate of drug-likeness (QED) is 0.585. The van der Waals surface area contributed by atoms with Gasteiger partial charge in [0.1, 0.15) is 12.4 Å². The highest BCUT2D eigenvalue weighted by atomic mass is 16.5. The van der Waals surface area contributed by atoms with Gasteiger partial charge in [0.15, 0.2) is 0 Å². The second-order valence-corrected chi connectivity index (χ2v) is 8.49. The molecule has 3 atom stereocenters. The number of aryl methyl sites for hydroxylation is 1. The highest BCUT2D eigenvalue weighted by molar-refractivity contribution is 5.41. The van der Waals surface area contributed by atoms with E-state index in [0.29, 0.717) is 0 Å². The lowest BCUT2D eigenvalue weighted by atomic mass is 9.62. The third-order valence-electron chi connectivity index (χ3n) is 7.12. The van der Waals surface area contributed by atoms with E-state index in [2.05, 4.69) is 67.3 Å². The molecule has 2 aliphatic rings. The van der Waals surface area contributed by atoms with Crippen LogP contribution in [0.5, 0.6) is 5.75 Å². The van der Waals surface area contributed by atoms with Crippen molar-refractivity contribution in [3.8, 4) is 5.75 Å². The van der Waals surface area contributed by atoms with E-state index in [0.717, 1.165) is 49.7 Å². The van der Waals surface area contributed by atoms with Crippen molar-refractivity contribution in [3.63, 3.8) is 0 Å². The molecule has 1 saturated carbocycles. The molecule has 0 bridgehead atoms. The maximum absolute atomic E-state index is 6.09. The van der Waals surface area contributed by atoms with Crippen LogP contribution in [0.1, 0.15) is 68.1 Å². The Hall–Kier alpha value is -1.80. The zero-order valence-electron chi connectivity index (χ0n) is 17.6. The van der Waals surface area contributed by atoms with Crippen LogP contribution in [0.25, 0.3) is 0 Å². The van der Waals surface area contributed by atoms with E-state index in [4.69, 9.17) is 4.74 Å². The van der Waals surface area contributed by atoms with Crippen LogP contribution in [-0.2, 0) is 6.42 Å². The zero-order valence-corrected chi connectivity index (χ0v) is 17.6. The van der Waals surface area contributed by atoms with Crippen molar-refractivity contribution in [2.45, 2.75) is 57.8 Å². The second-order valence-electron chi connectivity index (χ2n) is 8.49. The first-order valence-electron chi connectivity index (χ1n) is 11.3. The predicted octanol–water partition coefficient (Wildman–Crippen LogP) is 6.02. The minimum Gasteiger partial charge on any atom is -0.492 e. The van der Waals surface area contributed by atoms with Crippen molar-refractivity contribution in [3.05, 3.63) is 65.2 Å². The lowest BCUT2D eigenvalue weighted by Gasteiger charge is -2.43. The van der Waals surface area contributed by atoms with Crippen LogP contribution in [0.4, 0.5) is 0 Å². The number of rotatable bonds is 7. The highest BCUT2D eigenvalue weighted by Gasteiger charge is 2.38. The first-order chi connectivity index (χ1) is 13.8. The first kappa shape index (κ1) is 19.5. The highest BCUT2D eigenvalue weighted by Crippen LogP contribution is 2.51. The molecule has 0 aromatic heterocycles. The van der Waals surface area contributed by atoms with Gasteiger partial charge in [0.05, 0.1) is 0 Å². The van der Waals surface area contributed by atoms with Crippen molar-refractivity contribution in [1.29, 1.82) is 0 Å². The third kappa shape index (κ3) is 4.12. The summed E-state index contributed by atoms with van der Waals surface area (Å²) >= 11 is 0. The van der Waals surface area contributed by atoms with Gasteiger partial charge in [0.2, 0.25) is 0 Å². The molecular formula is C26H35NO. The molecule has 0 N–H and O–H groups in total. The van der Waals surface area contributed by atoms with Crippen LogP contribution in [0.15, 0.2) is 48.5 Å². The molecule has 0 unspecified atom stereocenters. The Morgan fingerprint density at radius 2 is 1.71 bits per heavy atom. The topological polar surface area (TPSA) is 12.5 Å². The molecule has 2 aromatic carbocycles. The molecule has 0 amide bonds. The van der Waals surface area contributed by atoms with Crippen molar-refractivity contribution < 1.29 is 4.74 Å². The molecule has 0 heterocycles. The Kier molecular flexibility index (Phi) is 6.36. The normalized spacial score (nSPS) is 23.9. The second kappa shape index (κ2) is 9.13. The lowest BCUT2D eigenvalue weighted by Crippen LogP contribution is -2.30. The van der Waals surface area contributed by atoms with E-state index in [-0.39, 0.29) is 0 Å². The Labute approximate surface area is 170 Å². The van der Waals surface area contributed by atoms with Gasteiger partial charge >= 0.3 is 0 Å². The third-order valence-corrected chi connectivity index (χ3v) is 7.12. The average molecular weight is 378 g/mol. The van der Waals surface area contributed by atoms with E-state index in [1.165, 1.54) is 37.7 Å². The van der Waals surface area contributed by atoms with Crippen LogP contribution < -0.4 is 4.74 Å². The van der Waals surface area contributed by atoms with Gasteiger partial charge in [0, 0.05) is 6.54 Å². The molecule has 0 radical (unpaired) electrons. The summed E-state index contributed by atoms with van der Waals surface area (Å²) < 4.78 is 6.09. The monoisotopic (exact) mass is 377 g/mol. The van der Waals surface area contributed by atoms with Crippen molar-refractivity contribution in [2.75, 3.05) is 26.2 Å². The molecule has 4 rings (SSSR count). The summed E-state index contributed by atoms with van der Waals surface area (Å²) in [6.45, 7) is 8.40. The molecule has 2 aromatic rings. The fourth-order valence-corrected chi connectivity index (χ4v) is 5.57.